The van der Waals surface area contributed by atoms with Crippen LogP contribution < -0.4 is 0 Å². The molecule has 0 saturated carbocycles. The van der Waals surface area contributed by atoms with Crippen molar-refractivity contribution in [1.82, 2.24) is 4.90 Å². The summed E-state index contributed by atoms with van der Waals surface area (Å²) in [6, 6.07) is 5.97. The first kappa shape index (κ1) is 11.9. The Morgan fingerprint density at radius 1 is 1.41 bits per heavy atom. The molecule has 0 spiro atoms. The average Bonchev–Trinajstić information content (AvgIpc) is 2.85. The minimum absolute atomic E-state index is 0.174. The highest BCUT2D eigenvalue weighted by Crippen LogP contribution is 2.17. The molecule has 1 aromatic rings. The molecule has 0 unspecified atom stereocenters. The molecule has 17 heavy (non-hydrogen) atoms. The SMILES string of the molecule is C=CCc1cc(C(=O)N2CCCC2)ccc1C. The van der Waals surface area contributed by atoms with E-state index in [4.69, 9.17) is 0 Å². The maximum atomic E-state index is 12.2. The van der Waals surface area contributed by atoms with Crippen LogP contribution in [0.25, 0.3) is 0 Å². The van der Waals surface area contributed by atoms with Crippen molar-refractivity contribution >= 4 is 5.91 Å². The van der Waals surface area contributed by atoms with Crippen molar-refractivity contribution in [2.75, 3.05) is 13.1 Å². The van der Waals surface area contributed by atoms with Gasteiger partial charge in [-0.3, -0.25) is 4.79 Å². The van der Waals surface area contributed by atoms with Crippen LogP contribution in [-0.2, 0) is 6.42 Å². The quantitative estimate of drug-likeness (QED) is 0.730. The van der Waals surface area contributed by atoms with Crippen molar-refractivity contribution < 1.29 is 4.79 Å². The van der Waals surface area contributed by atoms with E-state index < -0.39 is 0 Å². The lowest BCUT2D eigenvalue weighted by molar-refractivity contribution is 0.0792. The van der Waals surface area contributed by atoms with Gasteiger partial charge in [-0.15, -0.1) is 6.58 Å². The number of benzene rings is 1. The van der Waals surface area contributed by atoms with Gasteiger partial charge in [-0.05, 0) is 49.4 Å². The van der Waals surface area contributed by atoms with E-state index >= 15 is 0 Å². The summed E-state index contributed by atoms with van der Waals surface area (Å²) in [5.74, 6) is 0.174. The van der Waals surface area contributed by atoms with Crippen molar-refractivity contribution in [1.29, 1.82) is 0 Å². The molecule has 1 fully saturated rings. The van der Waals surface area contributed by atoms with Gasteiger partial charge in [-0.2, -0.15) is 0 Å². The zero-order chi connectivity index (χ0) is 12.3. The summed E-state index contributed by atoms with van der Waals surface area (Å²) < 4.78 is 0. The van der Waals surface area contributed by atoms with Crippen LogP contribution in [0, 0.1) is 6.92 Å². The molecule has 0 aliphatic carbocycles. The van der Waals surface area contributed by atoms with Gasteiger partial charge in [0.25, 0.3) is 5.91 Å². The van der Waals surface area contributed by atoms with Crippen molar-refractivity contribution in [3.63, 3.8) is 0 Å². The summed E-state index contributed by atoms with van der Waals surface area (Å²) in [6.07, 6.45) is 4.98. The first-order valence-corrected chi connectivity index (χ1v) is 6.22. The molecule has 2 rings (SSSR count). The Morgan fingerprint density at radius 2 is 2.12 bits per heavy atom. The van der Waals surface area contributed by atoms with Crippen molar-refractivity contribution in [2.45, 2.75) is 26.2 Å². The number of carbonyl (C=O) groups is 1. The maximum absolute atomic E-state index is 12.2. The summed E-state index contributed by atoms with van der Waals surface area (Å²) in [5.41, 5.74) is 3.24. The molecule has 1 aromatic carbocycles. The Hall–Kier alpha value is -1.57. The number of amides is 1. The molecule has 1 aliphatic rings. The molecule has 1 heterocycles. The number of carbonyl (C=O) groups excluding carboxylic acids is 1. The van der Waals surface area contributed by atoms with E-state index in [1.165, 1.54) is 11.1 Å². The van der Waals surface area contributed by atoms with E-state index in [0.29, 0.717) is 0 Å². The van der Waals surface area contributed by atoms with Gasteiger partial charge < -0.3 is 4.90 Å². The summed E-state index contributed by atoms with van der Waals surface area (Å²) in [7, 11) is 0. The molecule has 2 heteroatoms. The fourth-order valence-electron chi connectivity index (χ4n) is 2.28. The molecule has 1 amide bonds. The maximum Gasteiger partial charge on any atom is 0.253 e. The van der Waals surface area contributed by atoms with Crippen LogP contribution in [0.5, 0.6) is 0 Å². The molecule has 0 atom stereocenters. The fourth-order valence-corrected chi connectivity index (χ4v) is 2.28. The normalized spacial score (nSPS) is 15.0. The minimum atomic E-state index is 0.174. The van der Waals surface area contributed by atoms with Gasteiger partial charge in [-0.1, -0.05) is 12.1 Å². The van der Waals surface area contributed by atoms with Gasteiger partial charge in [0.1, 0.15) is 0 Å². The van der Waals surface area contributed by atoms with Gasteiger partial charge >= 0.3 is 0 Å². The summed E-state index contributed by atoms with van der Waals surface area (Å²) in [5, 5.41) is 0. The lowest BCUT2D eigenvalue weighted by Gasteiger charge is -2.16. The summed E-state index contributed by atoms with van der Waals surface area (Å²) in [4.78, 5) is 14.2. The number of likely N-dealkylation sites (tertiary alicyclic amines) is 1. The smallest absolute Gasteiger partial charge is 0.253 e. The van der Waals surface area contributed by atoms with Crippen LogP contribution in [0.3, 0.4) is 0 Å². The van der Waals surface area contributed by atoms with E-state index in [1.54, 1.807) is 0 Å². The van der Waals surface area contributed by atoms with Gasteiger partial charge in [0.05, 0.1) is 0 Å². The Labute approximate surface area is 103 Å². The molecule has 2 nitrogen and oxygen atoms in total. The predicted molar refractivity (Wildman–Crippen MR) is 70.2 cm³/mol. The van der Waals surface area contributed by atoms with Gasteiger partial charge in [0.2, 0.25) is 0 Å². The third kappa shape index (κ3) is 2.57. The van der Waals surface area contributed by atoms with Crippen LogP contribution in [0.2, 0.25) is 0 Å². The Balaban J connectivity index is 2.22. The first-order chi connectivity index (χ1) is 8.22. The number of aryl methyl sites for hydroxylation is 1. The highest BCUT2D eigenvalue weighted by atomic mass is 16.2. The molecule has 1 saturated heterocycles. The van der Waals surface area contributed by atoms with Gasteiger partial charge in [0.15, 0.2) is 0 Å². The number of hydrogen-bond donors (Lipinski definition) is 0. The first-order valence-electron chi connectivity index (χ1n) is 6.22. The van der Waals surface area contributed by atoms with Crippen LogP contribution in [-0.4, -0.2) is 23.9 Å². The summed E-state index contributed by atoms with van der Waals surface area (Å²) >= 11 is 0. The zero-order valence-electron chi connectivity index (χ0n) is 10.4. The third-order valence-corrected chi connectivity index (χ3v) is 3.35. The number of allylic oxidation sites excluding steroid dienone is 1. The van der Waals surface area contributed by atoms with E-state index in [1.807, 2.05) is 29.2 Å². The second-order valence-corrected chi connectivity index (χ2v) is 4.63. The topological polar surface area (TPSA) is 20.3 Å². The largest absolute Gasteiger partial charge is 0.339 e. The minimum Gasteiger partial charge on any atom is -0.339 e. The van der Waals surface area contributed by atoms with Gasteiger partial charge in [-0.25, -0.2) is 0 Å². The number of nitrogens with zero attached hydrogens (tertiary/aromatic N) is 1. The lowest BCUT2D eigenvalue weighted by Crippen LogP contribution is -2.27. The van der Waals surface area contributed by atoms with Crippen molar-refractivity contribution in [3.05, 3.63) is 47.5 Å². The second-order valence-electron chi connectivity index (χ2n) is 4.63. The molecule has 0 radical (unpaired) electrons. The molecular weight excluding hydrogens is 210 g/mol. The monoisotopic (exact) mass is 229 g/mol. The highest BCUT2D eigenvalue weighted by Gasteiger charge is 2.19. The molecule has 0 aromatic heterocycles. The van der Waals surface area contributed by atoms with Crippen LogP contribution in [0.1, 0.15) is 34.3 Å². The van der Waals surface area contributed by atoms with Crippen LogP contribution >= 0.6 is 0 Å². The lowest BCUT2D eigenvalue weighted by atomic mass is 10.0. The van der Waals surface area contributed by atoms with Crippen LogP contribution in [0.15, 0.2) is 30.9 Å². The third-order valence-electron chi connectivity index (χ3n) is 3.35. The van der Waals surface area contributed by atoms with Gasteiger partial charge in [0, 0.05) is 18.7 Å². The second kappa shape index (κ2) is 5.17. The molecular formula is C15H19NO. The van der Waals surface area contributed by atoms with E-state index in [-0.39, 0.29) is 5.91 Å². The Morgan fingerprint density at radius 3 is 2.76 bits per heavy atom. The molecule has 0 bridgehead atoms. The average molecular weight is 229 g/mol. The van der Waals surface area contributed by atoms with Crippen molar-refractivity contribution in [3.8, 4) is 0 Å². The van der Waals surface area contributed by atoms with Crippen molar-refractivity contribution in [2.24, 2.45) is 0 Å². The van der Waals surface area contributed by atoms with E-state index in [0.717, 1.165) is 37.9 Å². The van der Waals surface area contributed by atoms with E-state index in [9.17, 15) is 4.79 Å². The highest BCUT2D eigenvalue weighted by molar-refractivity contribution is 5.94. The van der Waals surface area contributed by atoms with E-state index in [2.05, 4.69) is 13.5 Å². The Kier molecular flexibility index (Phi) is 3.62. The molecule has 90 valence electrons. The molecule has 0 N–H and O–H groups in total. The standard InChI is InChI=1S/C15H19NO/c1-3-6-13-11-14(8-7-12(13)2)15(17)16-9-4-5-10-16/h3,7-8,11H,1,4-6,9-10H2,2H3. The number of rotatable bonds is 3. The fraction of sp³-hybridized carbons (Fsp3) is 0.400. The molecule has 1 aliphatic heterocycles. The summed E-state index contributed by atoms with van der Waals surface area (Å²) in [6.45, 7) is 7.64. The zero-order valence-corrected chi connectivity index (χ0v) is 10.4. The predicted octanol–water partition coefficient (Wildman–Crippen LogP) is 2.96. The Bertz CT molecular complexity index is 431. The van der Waals surface area contributed by atoms with Crippen LogP contribution in [0.4, 0.5) is 0 Å². The number of hydrogen-bond acceptors (Lipinski definition) is 1.